The predicted molar refractivity (Wildman–Crippen MR) is 113 cm³/mol. The Bertz CT molecular complexity index is 986. The van der Waals surface area contributed by atoms with Gasteiger partial charge in [-0.25, -0.2) is 9.18 Å². The van der Waals surface area contributed by atoms with Crippen molar-refractivity contribution in [3.05, 3.63) is 40.3 Å². The molecule has 0 spiro atoms. The van der Waals surface area contributed by atoms with Crippen LogP contribution in [0.1, 0.15) is 32.0 Å². The molecule has 0 unspecified atom stereocenters. The van der Waals surface area contributed by atoms with Gasteiger partial charge in [-0.1, -0.05) is 32.4 Å². The van der Waals surface area contributed by atoms with E-state index in [9.17, 15) is 14.0 Å². The van der Waals surface area contributed by atoms with Crippen LogP contribution >= 0.6 is 11.6 Å². The third-order valence-electron chi connectivity index (χ3n) is 5.00. The number of halogens is 2. The molecule has 0 saturated carbocycles. The molecule has 0 radical (unpaired) electrons. The molecule has 1 aliphatic rings. The molecule has 0 fully saturated rings. The topological polar surface area (TPSA) is 105 Å². The Hall–Kier alpha value is -2.49. The number of rotatable bonds is 5. The highest BCUT2D eigenvalue weighted by Crippen LogP contribution is 2.32. The molecular weight excluding hydrogens is 427 g/mol. The van der Waals surface area contributed by atoms with Crippen LogP contribution in [0.2, 0.25) is 5.02 Å². The molecule has 2 aromatic rings. The summed E-state index contributed by atoms with van der Waals surface area (Å²) in [4.78, 5) is 25.7. The molecule has 1 aliphatic heterocycles. The predicted octanol–water partition coefficient (Wildman–Crippen LogP) is 2.50. The van der Waals surface area contributed by atoms with Crippen molar-refractivity contribution in [2.75, 3.05) is 19.8 Å². The molecular formula is C21H26ClFN4O4. The van der Waals surface area contributed by atoms with Gasteiger partial charge in [0.1, 0.15) is 17.6 Å². The standard InChI is InChI=1S/C21H26ClFN4O4/c1-21(2,3)18(19(29)24-7-8-28)25-20(30)27-16-6-9-31-11-14(16)17(26-27)13-10-12(22)4-5-15(13)23/h4-5,10,18,28H,6-9,11H2,1-3H3,(H,24,29)(H,25,30)/t18-/m1/s1. The molecule has 1 aromatic carbocycles. The first-order valence-corrected chi connectivity index (χ1v) is 10.3. The number of amides is 2. The number of nitrogens with one attached hydrogen (secondary N) is 2. The molecule has 0 bridgehead atoms. The number of carbonyl (C=O) groups excluding carboxylic acids is 2. The van der Waals surface area contributed by atoms with E-state index in [1.165, 1.54) is 22.9 Å². The summed E-state index contributed by atoms with van der Waals surface area (Å²) in [5.41, 5.74) is 1.06. The van der Waals surface area contributed by atoms with E-state index in [0.717, 1.165) is 0 Å². The van der Waals surface area contributed by atoms with Gasteiger partial charge >= 0.3 is 6.03 Å². The first-order chi connectivity index (χ1) is 14.6. The lowest BCUT2D eigenvalue weighted by Crippen LogP contribution is -2.55. The van der Waals surface area contributed by atoms with Gasteiger partial charge in [0.15, 0.2) is 0 Å². The average molecular weight is 453 g/mol. The molecule has 0 saturated heterocycles. The maximum absolute atomic E-state index is 14.5. The van der Waals surface area contributed by atoms with Gasteiger partial charge in [0.05, 0.1) is 25.5 Å². The molecule has 10 heteroatoms. The second-order valence-electron chi connectivity index (χ2n) is 8.38. The summed E-state index contributed by atoms with van der Waals surface area (Å²) in [6, 6.07) is 2.65. The fourth-order valence-corrected chi connectivity index (χ4v) is 3.61. The Morgan fingerprint density at radius 3 is 2.81 bits per heavy atom. The molecule has 1 atom stereocenters. The van der Waals surface area contributed by atoms with Crippen LogP contribution in [-0.2, 0) is 22.6 Å². The van der Waals surface area contributed by atoms with E-state index in [1.54, 1.807) is 0 Å². The van der Waals surface area contributed by atoms with Crippen LogP contribution in [0.25, 0.3) is 11.3 Å². The molecule has 31 heavy (non-hydrogen) atoms. The second-order valence-corrected chi connectivity index (χ2v) is 8.81. The van der Waals surface area contributed by atoms with Crippen molar-refractivity contribution < 1.29 is 23.8 Å². The van der Waals surface area contributed by atoms with E-state index >= 15 is 0 Å². The van der Waals surface area contributed by atoms with Gasteiger partial charge in [-0.2, -0.15) is 9.78 Å². The lowest BCUT2D eigenvalue weighted by Gasteiger charge is -2.30. The summed E-state index contributed by atoms with van der Waals surface area (Å²) in [6.07, 6.45) is 0.412. The van der Waals surface area contributed by atoms with Crippen molar-refractivity contribution in [3.8, 4) is 11.3 Å². The van der Waals surface area contributed by atoms with Crippen LogP contribution in [0.3, 0.4) is 0 Å². The third-order valence-corrected chi connectivity index (χ3v) is 5.24. The van der Waals surface area contributed by atoms with E-state index in [-0.39, 0.29) is 31.0 Å². The smallest absolute Gasteiger partial charge is 0.343 e. The van der Waals surface area contributed by atoms with Gasteiger partial charge in [-0.05, 0) is 23.6 Å². The van der Waals surface area contributed by atoms with Crippen molar-refractivity contribution in [1.82, 2.24) is 20.4 Å². The van der Waals surface area contributed by atoms with Gasteiger partial charge in [0.2, 0.25) is 5.91 Å². The van der Waals surface area contributed by atoms with Crippen LogP contribution in [0.15, 0.2) is 18.2 Å². The summed E-state index contributed by atoms with van der Waals surface area (Å²) < 4.78 is 21.2. The van der Waals surface area contributed by atoms with Crippen molar-refractivity contribution in [1.29, 1.82) is 0 Å². The van der Waals surface area contributed by atoms with Gasteiger partial charge in [-0.3, -0.25) is 4.79 Å². The summed E-state index contributed by atoms with van der Waals surface area (Å²) in [7, 11) is 0. The van der Waals surface area contributed by atoms with E-state index < -0.39 is 29.2 Å². The quantitative estimate of drug-likeness (QED) is 0.646. The monoisotopic (exact) mass is 452 g/mol. The summed E-state index contributed by atoms with van der Waals surface area (Å²) in [5.74, 6) is -0.931. The second kappa shape index (κ2) is 9.33. The van der Waals surface area contributed by atoms with Crippen molar-refractivity contribution in [3.63, 3.8) is 0 Å². The largest absolute Gasteiger partial charge is 0.395 e. The summed E-state index contributed by atoms with van der Waals surface area (Å²) >= 11 is 6.04. The Kier molecular flexibility index (Phi) is 6.98. The van der Waals surface area contributed by atoms with Gasteiger partial charge < -0.3 is 20.5 Å². The minimum Gasteiger partial charge on any atom is -0.395 e. The number of aromatic nitrogens is 2. The molecule has 168 valence electrons. The molecule has 3 N–H and O–H groups in total. The molecule has 0 aliphatic carbocycles. The minimum atomic E-state index is -0.877. The Balaban J connectivity index is 1.98. The van der Waals surface area contributed by atoms with E-state index in [1.807, 2.05) is 20.8 Å². The zero-order valence-corrected chi connectivity index (χ0v) is 18.4. The van der Waals surface area contributed by atoms with Crippen LogP contribution in [0, 0.1) is 11.2 Å². The lowest BCUT2D eigenvalue weighted by molar-refractivity contribution is -0.125. The zero-order chi connectivity index (χ0) is 22.8. The first kappa shape index (κ1) is 23.2. The van der Waals surface area contributed by atoms with Crippen LogP contribution < -0.4 is 10.6 Å². The fraction of sp³-hybridized carbons (Fsp3) is 0.476. The zero-order valence-electron chi connectivity index (χ0n) is 17.7. The van der Waals surface area contributed by atoms with Gasteiger partial charge in [0, 0.05) is 29.1 Å². The van der Waals surface area contributed by atoms with E-state index in [4.69, 9.17) is 21.4 Å². The maximum atomic E-state index is 14.5. The highest BCUT2D eigenvalue weighted by atomic mass is 35.5. The highest BCUT2D eigenvalue weighted by Gasteiger charge is 2.34. The Morgan fingerprint density at radius 1 is 1.39 bits per heavy atom. The normalized spacial score (nSPS) is 14.6. The molecule has 8 nitrogen and oxygen atoms in total. The molecule has 1 aromatic heterocycles. The number of fused-ring (bicyclic) bond motifs is 1. The van der Waals surface area contributed by atoms with Crippen molar-refractivity contribution in [2.24, 2.45) is 5.41 Å². The summed E-state index contributed by atoms with van der Waals surface area (Å²) in [5, 5.41) is 19.0. The number of carbonyl (C=O) groups is 2. The number of nitrogens with zero attached hydrogens (tertiary/aromatic N) is 2. The average Bonchev–Trinajstić information content (AvgIpc) is 3.10. The summed E-state index contributed by atoms with van der Waals surface area (Å²) in [6.45, 7) is 5.89. The Labute approximate surface area is 184 Å². The first-order valence-electron chi connectivity index (χ1n) is 9.97. The van der Waals surface area contributed by atoms with Crippen molar-refractivity contribution >= 4 is 23.5 Å². The SMILES string of the molecule is CC(C)(C)[C@H](NC(=O)n1nc(-c2cc(Cl)ccc2F)c2c1CCOC2)C(=O)NCCO. The van der Waals surface area contributed by atoms with Gasteiger partial charge in [-0.15, -0.1) is 0 Å². The minimum absolute atomic E-state index is 0.0774. The maximum Gasteiger partial charge on any atom is 0.343 e. The lowest BCUT2D eigenvalue weighted by atomic mass is 9.86. The van der Waals surface area contributed by atoms with Crippen molar-refractivity contribution in [2.45, 2.75) is 39.8 Å². The number of hydrogen-bond acceptors (Lipinski definition) is 5. The van der Waals surface area contributed by atoms with E-state index in [0.29, 0.717) is 29.3 Å². The third kappa shape index (κ3) is 5.06. The molecule has 2 heterocycles. The van der Waals surface area contributed by atoms with Gasteiger partial charge in [0.25, 0.3) is 0 Å². The van der Waals surface area contributed by atoms with Crippen LogP contribution in [0.4, 0.5) is 9.18 Å². The van der Waals surface area contributed by atoms with E-state index in [2.05, 4.69) is 15.7 Å². The molecule has 2 amide bonds. The van der Waals surface area contributed by atoms with Crippen LogP contribution in [0.5, 0.6) is 0 Å². The molecule has 3 rings (SSSR count). The Morgan fingerprint density at radius 2 is 2.13 bits per heavy atom. The number of hydrogen-bond donors (Lipinski definition) is 3. The number of benzene rings is 1. The van der Waals surface area contributed by atoms with Crippen LogP contribution in [-0.4, -0.2) is 52.6 Å². The fourth-order valence-electron chi connectivity index (χ4n) is 3.44. The number of aliphatic hydroxyl groups excluding tert-OH is 1. The highest BCUT2D eigenvalue weighted by molar-refractivity contribution is 6.30. The number of ether oxygens (including phenoxy) is 1. The number of aliphatic hydroxyl groups is 1.